The number of alkyl halides is 3. The number of ether oxygens (including phenoxy) is 4. The molecule has 41 heavy (non-hydrogen) atoms. The number of hydrogen-bond donors (Lipinski definition) is 1. The number of nitro benzene ring substituents is 2. The molecule has 0 saturated carbocycles. The summed E-state index contributed by atoms with van der Waals surface area (Å²) in [4.78, 5) is 68.7. The SMILES string of the molecule is CC(=O)O[C@@H]1O[C@H](COC(=O)c2ccc([N+](=O)[O-])cc2)[C@@H](NC(=O)C(F)(F)F)[C@H]1OC(=O)c1ccc([N+](=O)[O-])cc1. The molecule has 0 bridgehead atoms. The fraction of sp³-hybridized carbons (Fsp3) is 0.304. The predicted octanol–water partition coefficient (Wildman–Crippen LogP) is 2.22. The van der Waals surface area contributed by atoms with Crippen LogP contribution in [0, 0.1) is 20.2 Å². The van der Waals surface area contributed by atoms with Gasteiger partial charge in [0.2, 0.25) is 6.29 Å². The van der Waals surface area contributed by atoms with E-state index in [1.54, 1.807) is 5.32 Å². The molecular formula is C23H18F3N3O12. The van der Waals surface area contributed by atoms with Gasteiger partial charge in [-0.05, 0) is 24.3 Å². The maximum absolute atomic E-state index is 13.1. The molecule has 1 saturated heterocycles. The quantitative estimate of drug-likeness (QED) is 0.195. The molecule has 0 aliphatic carbocycles. The predicted molar refractivity (Wildman–Crippen MR) is 124 cm³/mol. The molecule has 2 aromatic carbocycles. The molecule has 0 aromatic heterocycles. The maximum atomic E-state index is 13.1. The second-order valence-corrected chi connectivity index (χ2v) is 8.23. The molecule has 1 N–H and O–H groups in total. The lowest BCUT2D eigenvalue weighted by molar-refractivity contribution is -0.385. The van der Waals surface area contributed by atoms with Crippen molar-refractivity contribution in [1.82, 2.24) is 5.32 Å². The highest BCUT2D eigenvalue weighted by Gasteiger charge is 2.53. The fourth-order valence-electron chi connectivity index (χ4n) is 3.52. The van der Waals surface area contributed by atoms with Crippen LogP contribution in [0.1, 0.15) is 27.6 Å². The number of nitro groups is 2. The van der Waals surface area contributed by atoms with E-state index in [4.69, 9.17) is 18.9 Å². The Morgan fingerprint density at radius 1 is 0.878 bits per heavy atom. The third kappa shape index (κ3) is 7.72. The molecule has 2 aromatic rings. The highest BCUT2D eigenvalue weighted by Crippen LogP contribution is 2.29. The molecule has 218 valence electrons. The Bertz CT molecular complexity index is 1350. The fourth-order valence-corrected chi connectivity index (χ4v) is 3.52. The summed E-state index contributed by atoms with van der Waals surface area (Å²) in [7, 11) is 0. The van der Waals surface area contributed by atoms with Gasteiger partial charge in [0.1, 0.15) is 18.8 Å². The minimum Gasteiger partial charge on any atom is -0.459 e. The number of non-ortho nitro benzene ring substituents is 2. The van der Waals surface area contributed by atoms with Gasteiger partial charge < -0.3 is 24.3 Å². The van der Waals surface area contributed by atoms with Crippen LogP contribution in [0.5, 0.6) is 0 Å². The van der Waals surface area contributed by atoms with Crippen molar-refractivity contribution in [3.63, 3.8) is 0 Å². The molecular weight excluding hydrogens is 567 g/mol. The first-order valence-electron chi connectivity index (χ1n) is 11.2. The van der Waals surface area contributed by atoms with Gasteiger partial charge in [0.15, 0.2) is 6.10 Å². The van der Waals surface area contributed by atoms with Crippen LogP contribution in [0.4, 0.5) is 24.5 Å². The van der Waals surface area contributed by atoms with E-state index in [1.807, 2.05) is 0 Å². The second-order valence-electron chi connectivity index (χ2n) is 8.23. The molecule has 3 rings (SSSR count). The van der Waals surface area contributed by atoms with E-state index in [0.29, 0.717) is 0 Å². The van der Waals surface area contributed by atoms with E-state index in [1.165, 1.54) is 0 Å². The average Bonchev–Trinajstić information content (AvgIpc) is 3.21. The van der Waals surface area contributed by atoms with Crippen LogP contribution in [-0.4, -0.2) is 71.0 Å². The van der Waals surface area contributed by atoms with Crippen molar-refractivity contribution in [1.29, 1.82) is 0 Å². The average molecular weight is 585 g/mol. The van der Waals surface area contributed by atoms with Crippen molar-refractivity contribution < 1.29 is 61.1 Å². The van der Waals surface area contributed by atoms with Gasteiger partial charge in [0.25, 0.3) is 11.4 Å². The molecule has 1 heterocycles. The lowest BCUT2D eigenvalue weighted by Crippen LogP contribution is -2.54. The Hall–Kier alpha value is -5.13. The monoisotopic (exact) mass is 585 g/mol. The Labute approximate surface area is 226 Å². The number of halogens is 3. The van der Waals surface area contributed by atoms with Gasteiger partial charge in [-0.15, -0.1) is 0 Å². The lowest BCUT2D eigenvalue weighted by atomic mass is 10.1. The Balaban J connectivity index is 1.85. The zero-order valence-electron chi connectivity index (χ0n) is 20.6. The van der Waals surface area contributed by atoms with Crippen LogP contribution in [0.2, 0.25) is 0 Å². The third-order valence-corrected chi connectivity index (χ3v) is 5.42. The summed E-state index contributed by atoms with van der Waals surface area (Å²) in [6.07, 6.45) is -10.9. The van der Waals surface area contributed by atoms with Crippen molar-refractivity contribution >= 4 is 35.2 Å². The minimum atomic E-state index is -5.41. The van der Waals surface area contributed by atoms with Crippen molar-refractivity contribution in [3.05, 3.63) is 79.9 Å². The van der Waals surface area contributed by atoms with Crippen LogP contribution in [0.15, 0.2) is 48.5 Å². The zero-order valence-corrected chi connectivity index (χ0v) is 20.6. The number of carbonyl (C=O) groups excluding carboxylic acids is 4. The number of rotatable bonds is 9. The molecule has 0 radical (unpaired) electrons. The van der Waals surface area contributed by atoms with Crippen LogP contribution < -0.4 is 5.32 Å². The molecule has 1 aliphatic heterocycles. The van der Waals surface area contributed by atoms with E-state index in [2.05, 4.69) is 0 Å². The highest BCUT2D eigenvalue weighted by atomic mass is 19.4. The summed E-state index contributed by atoms with van der Waals surface area (Å²) in [6, 6.07) is 6.10. The van der Waals surface area contributed by atoms with Crippen molar-refractivity contribution in [2.75, 3.05) is 6.61 Å². The van der Waals surface area contributed by atoms with Gasteiger partial charge in [0, 0.05) is 31.2 Å². The standard InChI is InChI=1S/C23H18F3N3O12/c1-11(30)39-21-18(41-20(32)13-4-8-15(9-5-13)29(36)37)17(27-22(33)23(24,25)26)16(40-21)10-38-19(31)12-2-6-14(7-3-12)28(34)35/h2-9,16-18,21H,10H2,1H3,(H,27,33)/t16-,17-,18-,21-/m1/s1. The lowest BCUT2D eigenvalue weighted by Gasteiger charge is -2.25. The van der Waals surface area contributed by atoms with Crippen molar-refractivity contribution in [2.45, 2.75) is 37.6 Å². The molecule has 1 aliphatic rings. The number of nitrogens with zero attached hydrogens (tertiary/aromatic N) is 2. The molecule has 1 fully saturated rings. The normalized spacial score (nSPS) is 20.0. The highest BCUT2D eigenvalue weighted by molar-refractivity contribution is 5.90. The number of amides is 1. The van der Waals surface area contributed by atoms with Crippen LogP contribution in [0.25, 0.3) is 0 Å². The van der Waals surface area contributed by atoms with Crippen LogP contribution in [-0.2, 0) is 28.5 Å². The van der Waals surface area contributed by atoms with E-state index < -0.39 is 71.0 Å². The third-order valence-electron chi connectivity index (χ3n) is 5.42. The van der Waals surface area contributed by atoms with Gasteiger partial charge in [-0.3, -0.25) is 29.8 Å². The summed E-state index contributed by atoms with van der Waals surface area (Å²) in [5.74, 6) is -5.83. The summed E-state index contributed by atoms with van der Waals surface area (Å²) in [5.41, 5.74) is -1.18. The second kappa shape index (κ2) is 12.4. The smallest absolute Gasteiger partial charge is 0.459 e. The van der Waals surface area contributed by atoms with E-state index in [9.17, 15) is 52.6 Å². The number of hydrogen-bond acceptors (Lipinski definition) is 12. The van der Waals surface area contributed by atoms with Crippen LogP contribution >= 0.6 is 0 Å². The van der Waals surface area contributed by atoms with E-state index in [0.717, 1.165) is 55.5 Å². The van der Waals surface area contributed by atoms with Gasteiger partial charge >= 0.3 is 30.0 Å². The number of esters is 3. The molecule has 4 atom stereocenters. The van der Waals surface area contributed by atoms with Gasteiger partial charge in [0.05, 0.1) is 21.0 Å². The van der Waals surface area contributed by atoms with Crippen molar-refractivity contribution in [2.24, 2.45) is 0 Å². The minimum absolute atomic E-state index is 0.179. The first-order valence-corrected chi connectivity index (χ1v) is 11.2. The number of carbonyl (C=O) groups is 4. The molecule has 0 unspecified atom stereocenters. The molecule has 15 nitrogen and oxygen atoms in total. The summed E-state index contributed by atoms with van der Waals surface area (Å²) in [6.45, 7) is 0.0474. The van der Waals surface area contributed by atoms with E-state index >= 15 is 0 Å². The Morgan fingerprint density at radius 2 is 1.37 bits per heavy atom. The van der Waals surface area contributed by atoms with Gasteiger partial charge in [-0.2, -0.15) is 13.2 Å². The Morgan fingerprint density at radius 3 is 1.80 bits per heavy atom. The first-order chi connectivity index (χ1) is 19.2. The first kappa shape index (κ1) is 30.4. The summed E-state index contributed by atoms with van der Waals surface area (Å²) in [5, 5.41) is 23.2. The largest absolute Gasteiger partial charge is 0.471 e. The van der Waals surface area contributed by atoms with Crippen LogP contribution in [0.3, 0.4) is 0 Å². The molecule has 0 spiro atoms. The maximum Gasteiger partial charge on any atom is 0.471 e. The summed E-state index contributed by atoms with van der Waals surface area (Å²) >= 11 is 0. The number of benzene rings is 2. The number of nitrogens with one attached hydrogen (secondary N) is 1. The van der Waals surface area contributed by atoms with Gasteiger partial charge in [-0.1, -0.05) is 0 Å². The summed E-state index contributed by atoms with van der Waals surface area (Å²) < 4.78 is 59.8. The van der Waals surface area contributed by atoms with Gasteiger partial charge in [-0.25, -0.2) is 9.59 Å². The Kier molecular flexibility index (Phi) is 9.17. The van der Waals surface area contributed by atoms with Crippen molar-refractivity contribution in [3.8, 4) is 0 Å². The zero-order chi connectivity index (χ0) is 30.5. The topological polar surface area (TPSA) is 204 Å². The van der Waals surface area contributed by atoms with E-state index in [-0.39, 0.29) is 22.5 Å². The molecule has 18 heteroatoms. The molecule has 1 amide bonds.